The van der Waals surface area contributed by atoms with Gasteiger partial charge >= 0.3 is 6.18 Å². The molecule has 0 atom stereocenters. The fourth-order valence-electron chi connectivity index (χ4n) is 1.43. The van der Waals surface area contributed by atoms with Gasteiger partial charge in [-0.3, -0.25) is 4.79 Å². The Morgan fingerprint density at radius 3 is 2.63 bits per heavy atom. The third-order valence-corrected chi connectivity index (χ3v) is 2.66. The molecule has 3 nitrogen and oxygen atoms in total. The molecule has 0 heterocycles. The summed E-state index contributed by atoms with van der Waals surface area (Å²) in [4.78, 5) is 11.2. The van der Waals surface area contributed by atoms with E-state index in [4.69, 9.17) is 11.6 Å². The first-order valence-corrected chi connectivity index (χ1v) is 6.09. The molecule has 1 rings (SSSR count). The molecule has 2 N–H and O–H groups in total. The summed E-state index contributed by atoms with van der Waals surface area (Å²) >= 11 is 5.79. The van der Waals surface area contributed by atoms with Crippen molar-refractivity contribution in [1.29, 1.82) is 0 Å². The van der Waals surface area contributed by atoms with Crippen LogP contribution in [0.4, 0.5) is 18.9 Å². The van der Waals surface area contributed by atoms with E-state index in [2.05, 4.69) is 10.6 Å². The van der Waals surface area contributed by atoms with Crippen molar-refractivity contribution in [2.75, 3.05) is 18.4 Å². The van der Waals surface area contributed by atoms with E-state index < -0.39 is 11.7 Å². The summed E-state index contributed by atoms with van der Waals surface area (Å²) < 4.78 is 37.5. The van der Waals surface area contributed by atoms with Gasteiger partial charge in [-0.1, -0.05) is 11.6 Å². The molecule has 106 valence electrons. The molecular weight excluding hydrogens is 281 g/mol. The number of nitrogens with one attached hydrogen (secondary N) is 2. The highest BCUT2D eigenvalue weighted by atomic mass is 35.5. The van der Waals surface area contributed by atoms with Crippen LogP contribution in [-0.2, 0) is 11.0 Å². The average Bonchev–Trinajstić information content (AvgIpc) is 2.30. The highest BCUT2D eigenvalue weighted by Gasteiger charge is 2.30. The highest BCUT2D eigenvalue weighted by molar-refractivity contribution is 6.33. The van der Waals surface area contributed by atoms with Crippen LogP contribution in [0.15, 0.2) is 18.2 Å². The minimum Gasteiger partial charge on any atom is -0.383 e. The van der Waals surface area contributed by atoms with E-state index in [0.717, 1.165) is 12.1 Å². The second-order valence-electron chi connectivity index (χ2n) is 3.82. The van der Waals surface area contributed by atoms with Crippen LogP contribution < -0.4 is 10.6 Å². The Kier molecular flexibility index (Phi) is 5.47. The monoisotopic (exact) mass is 294 g/mol. The molecule has 0 aromatic heterocycles. The van der Waals surface area contributed by atoms with Crippen LogP contribution in [0.1, 0.15) is 18.9 Å². The van der Waals surface area contributed by atoms with Gasteiger partial charge in [0.25, 0.3) is 0 Å². The Bertz CT molecular complexity index is 449. The topological polar surface area (TPSA) is 41.1 Å². The van der Waals surface area contributed by atoms with Crippen LogP contribution >= 0.6 is 11.6 Å². The molecule has 1 aromatic carbocycles. The average molecular weight is 295 g/mol. The molecular formula is C12H14ClF3N2O. The van der Waals surface area contributed by atoms with Crippen LogP contribution in [0.3, 0.4) is 0 Å². The molecule has 0 unspecified atom stereocenters. The molecule has 1 aromatic rings. The fourth-order valence-corrected chi connectivity index (χ4v) is 1.62. The molecule has 0 saturated heterocycles. The standard InChI is InChI=1S/C12H14ClF3N2O/c1-2-17-11(19)5-6-18-10-7-8(12(14,15)16)3-4-9(10)13/h3-4,7,18H,2,5-6H2,1H3,(H,17,19). The maximum absolute atomic E-state index is 12.5. The van der Waals surface area contributed by atoms with Gasteiger partial charge in [0.1, 0.15) is 0 Å². The number of carbonyl (C=O) groups excluding carboxylic acids is 1. The van der Waals surface area contributed by atoms with Crippen molar-refractivity contribution in [3.63, 3.8) is 0 Å². The van der Waals surface area contributed by atoms with E-state index in [9.17, 15) is 18.0 Å². The van der Waals surface area contributed by atoms with Gasteiger partial charge < -0.3 is 10.6 Å². The molecule has 0 aliphatic heterocycles. The number of anilines is 1. The summed E-state index contributed by atoms with van der Waals surface area (Å²) in [5.74, 6) is -0.168. The Morgan fingerprint density at radius 1 is 1.37 bits per heavy atom. The van der Waals surface area contributed by atoms with Crippen LogP contribution in [0.25, 0.3) is 0 Å². The van der Waals surface area contributed by atoms with Crippen molar-refractivity contribution < 1.29 is 18.0 Å². The smallest absolute Gasteiger partial charge is 0.383 e. The minimum atomic E-state index is -4.42. The third-order valence-electron chi connectivity index (χ3n) is 2.34. The lowest BCUT2D eigenvalue weighted by molar-refractivity contribution is -0.137. The Balaban J connectivity index is 2.65. The lowest BCUT2D eigenvalue weighted by Crippen LogP contribution is -2.24. The number of rotatable bonds is 5. The summed E-state index contributed by atoms with van der Waals surface area (Å²) in [6, 6.07) is 3.02. The van der Waals surface area contributed by atoms with E-state index in [1.165, 1.54) is 6.07 Å². The molecule has 0 fully saturated rings. The Morgan fingerprint density at radius 2 is 2.05 bits per heavy atom. The van der Waals surface area contributed by atoms with E-state index in [1.54, 1.807) is 6.92 Å². The quantitative estimate of drug-likeness (QED) is 0.875. The van der Waals surface area contributed by atoms with Crippen molar-refractivity contribution in [3.05, 3.63) is 28.8 Å². The van der Waals surface area contributed by atoms with Crippen molar-refractivity contribution in [2.24, 2.45) is 0 Å². The predicted octanol–water partition coefficient (Wildman–Crippen LogP) is 3.30. The van der Waals surface area contributed by atoms with Gasteiger partial charge in [0.2, 0.25) is 5.91 Å². The molecule has 0 bridgehead atoms. The molecule has 0 spiro atoms. The van der Waals surface area contributed by atoms with Crippen LogP contribution in [0.5, 0.6) is 0 Å². The van der Waals surface area contributed by atoms with Crippen LogP contribution in [-0.4, -0.2) is 19.0 Å². The summed E-state index contributed by atoms with van der Waals surface area (Å²) in [6.45, 7) is 2.52. The lowest BCUT2D eigenvalue weighted by Gasteiger charge is -2.12. The molecule has 19 heavy (non-hydrogen) atoms. The fraction of sp³-hybridized carbons (Fsp3) is 0.417. The molecule has 7 heteroatoms. The largest absolute Gasteiger partial charge is 0.416 e. The second-order valence-corrected chi connectivity index (χ2v) is 4.23. The van der Waals surface area contributed by atoms with Gasteiger partial charge in [-0.15, -0.1) is 0 Å². The van der Waals surface area contributed by atoms with Gasteiger partial charge in [-0.05, 0) is 25.1 Å². The molecule has 1 amide bonds. The zero-order valence-electron chi connectivity index (χ0n) is 10.3. The van der Waals surface area contributed by atoms with Gasteiger partial charge in [0.05, 0.1) is 16.3 Å². The summed E-state index contributed by atoms with van der Waals surface area (Å²) in [7, 11) is 0. The lowest BCUT2D eigenvalue weighted by atomic mass is 10.2. The Labute approximate surface area is 114 Å². The maximum atomic E-state index is 12.5. The first kappa shape index (κ1) is 15.6. The zero-order chi connectivity index (χ0) is 14.5. The van der Waals surface area contributed by atoms with Gasteiger partial charge in [0.15, 0.2) is 0 Å². The van der Waals surface area contributed by atoms with E-state index in [-0.39, 0.29) is 29.6 Å². The number of alkyl halides is 3. The van der Waals surface area contributed by atoms with Gasteiger partial charge in [-0.25, -0.2) is 0 Å². The number of carbonyl (C=O) groups is 1. The predicted molar refractivity (Wildman–Crippen MR) is 68.2 cm³/mol. The summed E-state index contributed by atoms with van der Waals surface area (Å²) in [5.41, 5.74) is -0.613. The third kappa shape index (κ3) is 4.98. The maximum Gasteiger partial charge on any atom is 0.416 e. The molecule has 0 aliphatic carbocycles. The van der Waals surface area contributed by atoms with Crippen LogP contribution in [0, 0.1) is 0 Å². The van der Waals surface area contributed by atoms with Crippen molar-refractivity contribution in [1.82, 2.24) is 5.32 Å². The summed E-state index contributed by atoms with van der Waals surface area (Å²) in [5, 5.41) is 5.50. The summed E-state index contributed by atoms with van der Waals surface area (Å²) in [6.07, 6.45) is -4.25. The van der Waals surface area contributed by atoms with Crippen molar-refractivity contribution >= 4 is 23.2 Å². The van der Waals surface area contributed by atoms with Crippen molar-refractivity contribution in [3.8, 4) is 0 Å². The molecule has 0 aliphatic rings. The number of hydrogen-bond donors (Lipinski definition) is 2. The first-order chi connectivity index (χ1) is 8.84. The first-order valence-electron chi connectivity index (χ1n) is 5.72. The molecule has 0 radical (unpaired) electrons. The van der Waals surface area contributed by atoms with E-state index in [1.807, 2.05) is 0 Å². The molecule has 0 saturated carbocycles. The SMILES string of the molecule is CCNC(=O)CCNc1cc(C(F)(F)F)ccc1Cl. The number of hydrogen-bond acceptors (Lipinski definition) is 2. The number of halogens is 4. The van der Waals surface area contributed by atoms with Gasteiger partial charge in [0, 0.05) is 19.5 Å². The van der Waals surface area contributed by atoms with Gasteiger partial charge in [-0.2, -0.15) is 13.2 Å². The minimum absolute atomic E-state index is 0.167. The second kappa shape index (κ2) is 6.65. The highest BCUT2D eigenvalue weighted by Crippen LogP contribution is 2.33. The number of benzene rings is 1. The Hall–Kier alpha value is -1.43. The van der Waals surface area contributed by atoms with Crippen molar-refractivity contribution in [2.45, 2.75) is 19.5 Å². The zero-order valence-corrected chi connectivity index (χ0v) is 11.0. The van der Waals surface area contributed by atoms with E-state index in [0.29, 0.717) is 6.54 Å². The van der Waals surface area contributed by atoms with E-state index >= 15 is 0 Å². The normalized spacial score (nSPS) is 11.2. The van der Waals surface area contributed by atoms with Crippen LogP contribution in [0.2, 0.25) is 5.02 Å². The number of amides is 1.